The zero-order valence-corrected chi connectivity index (χ0v) is 17.4. The Kier molecular flexibility index (Phi) is 8.78. The highest BCUT2D eigenvalue weighted by Crippen LogP contribution is 2.27. The number of aromatic nitrogens is 1. The Hall–Kier alpha value is -2.06. The third kappa shape index (κ3) is 7.22. The van der Waals surface area contributed by atoms with Crippen molar-refractivity contribution < 1.29 is 19.4 Å². The molecule has 0 aliphatic rings. The molecule has 1 aromatic rings. The van der Waals surface area contributed by atoms with E-state index < -0.39 is 5.41 Å². The van der Waals surface area contributed by atoms with Gasteiger partial charge in [0.05, 0.1) is 12.0 Å². The molecule has 3 N–H and O–H groups in total. The molecule has 7 nitrogen and oxygen atoms in total. The summed E-state index contributed by atoms with van der Waals surface area (Å²) in [6.45, 7) is 9.17. The van der Waals surface area contributed by atoms with Gasteiger partial charge in [0.25, 0.3) is 0 Å². The van der Waals surface area contributed by atoms with E-state index in [0.29, 0.717) is 24.3 Å². The van der Waals surface area contributed by atoms with E-state index in [9.17, 15) is 14.7 Å². The second kappa shape index (κ2) is 10.3. The fraction of sp³-hybridized carbons (Fsp3) is 0.526. The largest absolute Gasteiger partial charge is 0.454 e. The summed E-state index contributed by atoms with van der Waals surface area (Å²) in [6, 6.07) is 3.68. The van der Waals surface area contributed by atoms with Crippen LogP contribution in [0.25, 0.3) is 0 Å². The number of allylic oxidation sites excluding steroid dienone is 1. The quantitative estimate of drug-likeness (QED) is 0.376. The molecule has 150 valence electrons. The number of hydrogen-bond donors (Lipinski definition) is 2. The third-order valence-electron chi connectivity index (χ3n) is 3.83. The number of rotatable bonds is 9. The maximum atomic E-state index is 11.9. The molecule has 0 aliphatic carbocycles. The molecule has 27 heavy (non-hydrogen) atoms. The number of anilines is 1. The predicted octanol–water partition coefficient (Wildman–Crippen LogP) is 2.82. The standard InChI is InChI=1S/C19H29N3O4S/c1-13-6-7-15(17(20)21-13)10-22(11-24)14(2)16(8-9-23)27-12-26-18(25)19(3,4)5/h6-7,11,23H,8-10,12H2,1-5H3,(H2,20,21)/b16-14-. The van der Waals surface area contributed by atoms with Crippen LogP contribution in [0.2, 0.25) is 0 Å². The highest BCUT2D eigenvalue weighted by atomic mass is 32.2. The van der Waals surface area contributed by atoms with Gasteiger partial charge in [0, 0.05) is 34.9 Å². The summed E-state index contributed by atoms with van der Waals surface area (Å²) in [5.41, 5.74) is 7.58. The maximum absolute atomic E-state index is 11.9. The summed E-state index contributed by atoms with van der Waals surface area (Å²) in [4.78, 5) is 30.0. The van der Waals surface area contributed by atoms with Crippen molar-refractivity contribution in [1.82, 2.24) is 9.88 Å². The van der Waals surface area contributed by atoms with E-state index in [2.05, 4.69) is 4.98 Å². The van der Waals surface area contributed by atoms with Gasteiger partial charge in [0.15, 0.2) is 0 Å². The van der Waals surface area contributed by atoms with Crippen LogP contribution < -0.4 is 5.73 Å². The minimum absolute atomic E-state index is 0.0756. The second-order valence-corrected chi connectivity index (χ2v) is 8.17. The summed E-state index contributed by atoms with van der Waals surface area (Å²) in [7, 11) is 0. The lowest BCUT2D eigenvalue weighted by Crippen LogP contribution is -2.23. The number of aliphatic hydroxyl groups excluding tert-OH is 1. The lowest BCUT2D eigenvalue weighted by atomic mass is 9.98. The fourth-order valence-electron chi connectivity index (χ4n) is 2.15. The van der Waals surface area contributed by atoms with E-state index in [1.807, 2.05) is 19.1 Å². The number of amides is 1. The molecule has 0 radical (unpaired) electrons. The van der Waals surface area contributed by atoms with E-state index in [1.54, 1.807) is 27.7 Å². The lowest BCUT2D eigenvalue weighted by molar-refractivity contribution is -0.150. The smallest absolute Gasteiger partial charge is 0.312 e. The normalized spacial score (nSPS) is 12.4. The molecule has 0 saturated heterocycles. The van der Waals surface area contributed by atoms with Gasteiger partial charge in [-0.3, -0.25) is 9.59 Å². The Bertz CT molecular complexity index is 699. The van der Waals surface area contributed by atoms with Crippen LogP contribution in [-0.2, 0) is 20.9 Å². The molecule has 0 atom stereocenters. The number of nitrogens with two attached hydrogens (primary N) is 1. The Morgan fingerprint density at radius 2 is 2.07 bits per heavy atom. The number of carbonyl (C=O) groups is 2. The van der Waals surface area contributed by atoms with Crippen molar-refractivity contribution in [3.8, 4) is 0 Å². The molecule has 1 amide bonds. The van der Waals surface area contributed by atoms with Crippen LogP contribution in [0.15, 0.2) is 22.7 Å². The molecule has 1 heterocycles. The number of carbonyl (C=O) groups excluding carboxylic acids is 2. The van der Waals surface area contributed by atoms with E-state index in [4.69, 9.17) is 10.5 Å². The number of thioether (sulfide) groups is 1. The molecular formula is C19H29N3O4S. The average molecular weight is 396 g/mol. The summed E-state index contributed by atoms with van der Waals surface area (Å²) < 4.78 is 5.27. The third-order valence-corrected chi connectivity index (χ3v) is 4.91. The van der Waals surface area contributed by atoms with Crippen LogP contribution >= 0.6 is 11.8 Å². The molecule has 8 heteroatoms. The first-order valence-electron chi connectivity index (χ1n) is 8.64. The zero-order valence-electron chi connectivity index (χ0n) is 16.6. The van der Waals surface area contributed by atoms with E-state index >= 15 is 0 Å². The van der Waals surface area contributed by atoms with E-state index in [1.165, 1.54) is 16.7 Å². The van der Waals surface area contributed by atoms with Crippen LogP contribution in [0, 0.1) is 12.3 Å². The summed E-state index contributed by atoms with van der Waals surface area (Å²) in [5.74, 6) is 0.191. The molecule has 0 fully saturated rings. The maximum Gasteiger partial charge on any atom is 0.312 e. The molecule has 0 saturated carbocycles. The second-order valence-electron chi connectivity index (χ2n) is 7.16. The molecule has 0 unspecified atom stereocenters. The Balaban J connectivity index is 2.91. The van der Waals surface area contributed by atoms with Gasteiger partial charge in [-0.1, -0.05) is 17.8 Å². The molecule has 0 aliphatic heterocycles. The number of nitrogen functional groups attached to an aromatic ring is 1. The average Bonchev–Trinajstić information content (AvgIpc) is 2.59. The summed E-state index contributed by atoms with van der Waals surface area (Å²) in [5, 5.41) is 9.35. The molecule has 0 spiro atoms. The lowest BCUT2D eigenvalue weighted by Gasteiger charge is -2.23. The van der Waals surface area contributed by atoms with Gasteiger partial charge in [-0.05, 0) is 40.7 Å². The van der Waals surface area contributed by atoms with Crippen LogP contribution in [0.1, 0.15) is 45.4 Å². The van der Waals surface area contributed by atoms with E-state index in [0.717, 1.165) is 16.2 Å². The SMILES string of the molecule is C/C(=C(\CCO)SCOC(=O)C(C)(C)C)N(C=O)Cc1ccc(C)nc1N. The monoisotopic (exact) mass is 395 g/mol. The predicted molar refractivity (Wildman–Crippen MR) is 107 cm³/mol. The van der Waals surface area contributed by atoms with Gasteiger partial charge in [0.1, 0.15) is 11.8 Å². The summed E-state index contributed by atoms with van der Waals surface area (Å²) >= 11 is 1.29. The van der Waals surface area contributed by atoms with Crippen molar-refractivity contribution in [2.24, 2.45) is 5.41 Å². The number of aliphatic hydroxyl groups is 1. The van der Waals surface area contributed by atoms with Gasteiger partial charge in [0.2, 0.25) is 6.41 Å². The minimum Gasteiger partial charge on any atom is -0.454 e. The number of aryl methyl sites for hydroxylation is 1. The van der Waals surface area contributed by atoms with E-state index in [-0.39, 0.29) is 25.1 Å². The van der Waals surface area contributed by atoms with Crippen molar-refractivity contribution in [3.63, 3.8) is 0 Å². The van der Waals surface area contributed by atoms with Gasteiger partial charge in [-0.2, -0.15) is 0 Å². The Labute approximate surface area is 165 Å². The summed E-state index contributed by atoms with van der Waals surface area (Å²) in [6.07, 6.45) is 1.07. The number of nitrogens with zero attached hydrogens (tertiary/aromatic N) is 2. The van der Waals surface area contributed by atoms with Crippen LogP contribution in [0.3, 0.4) is 0 Å². The van der Waals surface area contributed by atoms with Crippen molar-refractivity contribution in [1.29, 1.82) is 0 Å². The molecule has 0 bridgehead atoms. The van der Waals surface area contributed by atoms with Crippen molar-refractivity contribution in [3.05, 3.63) is 34.0 Å². The highest BCUT2D eigenvalue weighted by molar-refractivity contribution is 8.02. The highest BCUT2D eigenvalue weighted by Gasteiger charge is 2.23. The first kappa shape index (κ1) is 23.0. The van der Waals surface area contributed by atoms with Gasteiger partial charge < -0.3 is 20.5 Å². The topological polar surface area (TPSA) is 106 Å². The Morgan fingerprint density at radius 3 is 2.59 bits per heavy atom. The van der Waals surface area contributed by atoms with Crippen LogP contribution in [0.5, 0.6) is 0 Å². The first-order chi connectivity index (χ1) is 12.6. The zero-order chi connectivity index (χ0) is 20.6. The number of hydrogen-bond acceptors (Lipinski definition) is 7. The molecular weight excluding hydrogens is 366 g/mol. The fourth-order valence-corrected chi connectivity index (χ4v) is 3.02. The van der Waals surface area contributed by atoms with Gasteiger partial charge >= 0.3 is 5.97 Å². The minimum atomic E-state index is -0.582. The van der Waals surface area contributed by atoms with Gasteiger partial charge in [-0.25, -0.2) is 4.98 Å². The Morgan fingerprint density at radius 1 is 1.41 bits per heavy atom. The van der Waals surface area contributed by atoms with Crippen LogP contribution in [0.4, 0.5) is 5.82 Å². The van der Waals surface area contributed by atoms with Gasteiger partial charge in [-0.15, -0.1) is 0 Å². The van der Waals surface area contributed by atoms with Crippen molar-refractivity contribution in [2.75, 3.05) is 18.3 Å². The van der Waals surface area contributed by atoms with Crippen molar-refractivity contribution >= 4 is 30.0 Å². The first-order valence-corrected chi connectivity index (χ1v) is 9.63. The van der Waals surface area contributed by atoms with Crippen LogP contribution in [-0.4, -0.2) is 39.9 Å². The molecule has 0 aromatic carbocycles. The number of ether oxygens (including phenoxy) is 1. The van der Waals surface area contributed by atoms with Crippen molar-refractivity contribution in [2.45, 2.75) is 47.6 Å². The molecule has 1 rings (SSSR count). The number of pyridine rings is 1. The molecule has 1 aromatic heterocycles. The number of esters is 1.